The van der Waals surface area contributed by atoms with Gasteiger partial charge in [0.25, 0.3) is 0 Å². The van der Waals surface area contributed by atoms with Gasteiger partial charge in [0.15, 0.2) is 6.23 Å². The summed E-state index contributed by atoms with van der Waals surface area (Å²) in [6, 6.07) is 10.2. The molecule has 0 aliphatic carbocycles. The van der Waals surface area contributed by atoms with Gasteiger partial charge in [-0.3, -0.25) is 4.55 Å². The number of aromatic nitrogens is 3. The summed E-state index contributed by atoms with van der Waals surface area (Å²) in [5.74, 6) is 0. The van der Waals surface area contributed by atoms with Crippen LogP contribution in [-0.4, -0.2) is 56.3 Å². The molecule has 2 aromatic heterocycles. The highest BCUT2D eigenvalue weighted by molar-refractivity contribution is 7.83. The fourth-order valence-electron chi connectivity index (χ4n) is 4.08. The van der Waals surface area contributed by atoms with Crippen molar-refractivity contribution >= 4 is 21.3 Å². The topological polar surface area (TPSA) is 118 Å². The summed E-state index contributed by atoms with van der Waals surface area (Å²) in [5.41, 5.74) is 3.91. The lowest BCUT2D eigenvalue weighted by atomic mass is 10.0. The van der Waals surface area contributed by atoms with Crippen LogP contribution in [0.25, 0.3) is 11.0 Å². The number of hydrogen-bond donors (Lipinski definition) is 2. The van der Waals surface area contributed by atoms with E-state index in [9.17, 15) is 18.1 Å². The first-order valence-corrected chi connectivity index (χ1v) is 11.6. The Morgan fingerprint density at radius 3 is 2.65 bits per heavy atom. The summed E-state index contributed by atoms with van der Waals surface area (Å²) in [6.45, 7) is 2.05. The number of likely N-dealkylation sites (N-methyl/N-ethyl adjacent to an activating group) is 1. The van der Waals surface area contributed by atoms with E-state index in [2.05, 4.69) is 22.1 Å². The second kappa shape index (κ2) is 8.64. The number of rotatable bonds is 7. The number of hydrogen-bond acceptors (Lipinski definition) is 6. The van der Waals surface area contributed by atoms with Crippen LogP contribution in [0.1, 0.15) is 36.4 Å². The van der Waals surface area contributed by atoms with Gasteiger partial charge < -0.3 is 14.4 Å². The quantitative estimate of drug-likeness (QED) is 0.534. The Bertz CT molecular complexity index is 1170. The molecule has 3 heterocycles. The van der Waals surface area contributed by atoms with E-state index < -0.39 is 28.9 Å². The lowest BCUT2D eigenvalue weighted by molar-refractivity contribution is -0.0685. The van der Waals surface area contributed by atoms with Crippen molar-refractivity contribution in [3.8, 4) is 0 Å². The van der Waals surface area contributed by atoms with Gasteiger partial charge in [0.05, 0.1) is 11.8 Å². The van der Waals surface area contributed by atoms with Crippen molar-refractivity contribution in [2.24, 2.45) is 0 Å². The molecule has 31 heavy (non-hydrogen) atoms. The predicted molar refractivity (Wildman–Crippen MR) is 115 cm³/mol. The van der Waals surface area contributed by atoms with Crippen molar-refractivity contribution in [3.63, 3.8) is 0 Å². The number of aryl methyl sites for hydroxylation is 3. The number of nitrogens with zero attached hydrogens (tertiary/aromatic N) is 4. The van der Waals surface area contributed by atoms with Crippen molar-refractivity contribution < 1.29 is 22.8 Å². The molecule has 0 bridgehead atoms. The van der Waals surface area contributed by atoms with Gasteiger partial charge in [0.1, 0.15) is 18.2 Å². The Morgan fingerprint density at radius 1 is 1.23 bits per heavy atom. The average Bonchev–Trinajstić information content (AvgIpc) is 3.32. The molecule has 0 amide bonds. The highest BCUT2D eigenvalue weighted by atomic mass is 32.2. The van der Waals surface area contributed by atoms with Crippen LogP contribution < -0.4 is 0 Å². The van der Waals surface area contributed by atoms with Crippen LogP contribution in [-0.2, 0) is 34.3 Å². The predicted octanol–water partition coefficient (Wildman–Crippen LogP) is 2.12. The number of benzene rings is 1. The Hall–Kier alpha value is -2.37. The van der Waals surface area contributed by atoms with E-state index in [-0.39, 0.29) is 6.42 Å². The minimum atomic E-state index is -4.49. The molecule has 0 saturated carbocycles. The standard InChI is InChI=1S/C21H26N4O5S/c1-3-15-12-25(18-11-17(26)21(30-18)24(2)31(27,28)29)20-19(15)16(22-13-23-20)10-9-14-7-5-4-6-8-14/h4-8,12-13,17-18,21,26H,3,9-11H2,1-2H3,(H,27,28,29)/t17-,18+,21+/m0/s1. The summed E-state index contributed by atoms with van der Waals surface area (Å²) in [4.78, 5) is 8.99. The van der Waals surface area contributed by atoms with Crippen molar-refractivity contribution in [2.75, 3.05) is 7.05 Å². The van der Waals surface area contributed by atoms with Gasteiger partial charge in [-0.25, -0.2) is 9.97 Å². The third-order valence-corrected chi connectivity index (χ3v) is 6.68. The van der Waals surface area contributed by atoms with E-state index in [4.69, 9.17) is 4.74 Å². The molecular formula is C21H26N4O5S. The van der Waals surface area contributed by atoms with Crippen molar-refractivity contribution in [3.05, 3.63) is 59.7 Å². The van der Waals surface area contributed by atoms with Gasteiger partial charge in [-0.2, -0.15) is 12.7 Å². The molecule has 3 atom stereocenters. The monoisotopic (exact) mass is 446 g/mol. The van der Waals surface area contributed by atoms with Crippen molar-refractivity contribution in [2.45, 2.75) is 51.2 Å². The van der Waals surface area contributed by atoms with Gasteiger partial charge in [-0.05, 0) is 30.4 Å². The lowest BCUT2D eigenvalue weighted by Gasteiger charge is -2.23. The zero-order valence-corrected chi connectivity index (χ0v) is 18.2. The molecule has 0 radical (unpaired) electrons. The zero-order chi connectivity index (χ0) is 22.2. The number of ether oxygens (including phenoxy) is 1. The van der Waals surface area contributed by atoms with E-state index in [1.807, 2.05) is 35.9 Å². The maximum Gasteiger partial charge on any atom is 0.337 e. The second-order valence-corrected chi connectivity index (χ2v) is 9.17. The van der Waals surface area contributed by atoms with Crippen molar-refractivity contribution in [1.29, 1.82) is 0 Å². The molecule has 1 aliphatic rings. The zero-order valence-electron chi connectivity index (χ0n) is 17.4. The maximum absolute atomic E-state index is 11.5. The largest absolute Gasteiger partial charge is 0.389 e. The minimum Gasteiger partial charge on any atom is -0.389 e. The molecule has 1 saturated heterocycles. The highest BCUT2D eigenvalue weighted by Gasteiger charge is 2.41. The summed E-state index contributed by atoms with van der Waals surface area (Å²) < 4.78 is 40.5. The average molecular weight is 447 g/mol. The summed E-state index contributed by atoms with van der Waals surface area (Å²) in [6.07, 6.45) is 3.10. The van der Waals surface area contributed by atoms with Gasteiger partial charge in [0, 0.05) is 25.1 Å². The molecule has 0 unspecified atom stereocenters. The SMILES string of the molecule is CCc1cn([C@H]2C[C@H](O)[C@H](N(C)S(=O)(=O)O)O2)c2ncnc(CCc3ccccc3)c12. The number of aliphatic hydroxyl groups is 1. The number of fused-ring (bicyclic) bond motifs is 1. The molecule has 10 heteroatoms. The van der Waals surface area contributed by atoms with Gasteiger partial charge in [0.2, 0.25) is 0 Å². The second-order valence-electron chi connectivity index (χ2n) is 7.70. The van der Waals surface area contributed by atoms with Crippen LogP contribution in [0.3, 0.4) is 0 Å². The Balaban J connectivity index is 1.65. The summed E-state index contributed by atoms with van der Waals surface area (Å²) in [7, 11) is -3.33. The third kappa shape index (κ3) is 4.35. The normalized spacial score (nSPS) is 21.9. The summed E-state index contributed by atoms with van der Waals surface area (Å²) in [5, 5.41) is 11.3. The van der Waals surface area contributed by atoms with E-state index >= 15 is 0 Å². The molecule has 166 valence electrons. The van der Waals surface area contributed by atoms with Crippen LogP contribution >= 0.6 is 0 Å². The Labute approximate surface area is 181 Å². The van der Waals surface area contributed by atoms with Crippen LogP contribution in [0.4, 0.5) is 0 Å². The van der Waals surface area contributed by atoms with Crippen molar-refractivity contribution in [1.82, 2.24) is 18.8 Å². The van der Waals surface area contributed by atoms with Gasteiger partial charge in [-0.1, -0.05) is 37.3 Å². The Kier molecular flexibility index (Phi) is 6.09. The van der Waals surface area contributed by atoms with E-state index in [1.54, 1.807) is 0 Å². The van der Waals surface area contributed by atoms with Crippen LogP contribution in [0.5, 0.6) is 0 Å². The minimum absolute atomic E-state index is 0.167. The first-order valence-electron chi connectivity index (χ1n) is 10.2. The lowest BCUT2D eigenvalue weighted by Crippen LogP contribution is -2.42. The van der Waals surface area contributed by atoms with Gasteiger partial charge in [-0.15, -0.1) is 0 Å². The van der Waals surface area contributed by atoms with Gasteiger partial charge >= 0.3 is 10.3 Å². The molecular weight excluding hydrogens is 420 g/mol. The number of aliphatic hydroxyl groups excluding tert-OH is 1. The molecule has 1 aromatic carbocycles. The summed E-state index contributed by atoms with van der Waals surface area (Å²) >= 11 is 0. The van der Waals surface area contributed by atoms with E-state index in [0.717, 1.165) is 35.9 Å². The van der Waals surface area contributed by atoms with E-state index in [0.29, 0.717) is 9.95 Å². The molecule has 1 fully saturated rings. The molecule has 1 aliphatic heterocycles. The fourth-order valence-corrected chi connectivity index (χ4v) is 4.54. The maximum atomic E-state index is 11.5. The molecule has 4 rings (SSSR count). The third-order valence-electron chi connectivity index (χ3n) is 5.74. The molecule has 0 spiro atoms. The molecule has 3 aromatic rings. The van der Waals surface area contributed by atoms with Crippen LogP contribution in [0.2, 0.25) is 0 Å². The van der Waals surface area contributed by atoms with Crippen LogP contribution in [0.15, 0.2) is 42.9 Å². The fraction of sp³-hybridized carbons (Fsp3) is 0.429. The smallest absolute Gasteiger partial charge is 0.337 e. The van der Waals surface area contributed by atoms with Crippen LogP contribution in [0, 0.1) is 0 Å². The Morgan fingerprint density at radius 2 is 1.97 bits per heavy atom. The highest BCUT2D eigenvalue weighted by Crippen LogP contribution is 2.35. The molecule has 2 N–H and O–H groups in total. The molecule has 9 nitrogen and oxygen atoms in total. The van der Waals surface area contributed by atoms with E-state index in [1.165, 1.54) is 18.9 Å². The first kappa shape index (κ1) is 21.8. The first-order chi connectivity index (χ1) is 14.8.